The molecule has 54 heavy (non-hydrogen) atoms. The predicted octanol–water partition coefficient (Wildman–Crippen LogP) is 14.3. The highest BCUT2D eigenvalue weighted by atomic mass is 16.3. The summed E-state index contributed by atoms with van der Waals surface area (Å²) in [6.45, 7) is 0. The SMILES string of the molecule is C1=Cc2c(oc3cc4ccccc4cc23)C(c2ccccc2N(C(/C=C/c2ccccc2)=C/C=C/c2ccccc2)c2cccc(-c3ccccc3)c2)C1. The van der Waals surface area contributed by atoms with Crippen molar-refractivity contribution in [3.63, 3.8) is 0 Å². The molecule has 1 heterocycles. The number of allylic oxidation sites excluding steroid dienone is 4. The number of nitrogens with zero attached hydrogens (tertiary/aromatic N) is 1. The van der Waals surface area contributed by atoms with Gasteiger partial charge in [0, 0.05) is 28.3 Å². The Hall–Kier alpha value is -6.90. The third-order valence-electron chi connectivity index (χ3n) is 10.2. The van der Waals surface area contributed by atoms with Crippen molar-refractivity contribution >= 4 is 51.3 Å². The smallest absolute Gasteiger partial charge is 0.135 e. The van der Waals surface area contributed by atoms with Gasteiger partial charge in [0.05, 0.1) is 5.69 Å². The maximum absolute atomic E-state index is 6.85. The highest BCUT2D eigenvalue weighted by Gasteiger charge is 2.29. The lowest BCUT2D eigenvalue weighted by molar-refractivity contribution is 0.517. The first-order valence-electron chi connectivity index (χ1n) is 18.6. The molecule has 0 N–H and O–H groups in total. The molecule has 1 atom stereocenters. The van der Waals surface area contributed by atoms with Gasteiger partial charge in [-0.3, -0.25) is 0 Å². The molecule has 258 valence electrons. The Bertz CT molecular complexity index is 2680. The van der Waals surface area contributed by atoms with Gasteiger partial charge >= 0.3 is 0 Å². The van der Waals surface area contributed by atoms with E-state index in [1.807, 2.05) is 0 Å². The van der Waals surface area contributed by atoms with Crippen molar-refractivity contribution in [2.75, 3.05) is 4.90 Å². The number of hydrogen-bond acceptors (Lipinski definition) is 2. The normalized spacial score (nSPS) is 14.3. The Morgan fingerprint density at radius 1 is 0.593 bits per heavy atom. The van der Waals surface area contributed by atoms with Crippen molar-refractivity contribution in [2.24, 2.45) is 0 Å². The monoisotopic (exact) mass is 693 g/mol. The van der Waals surface area contributed by atoms with E-state index in [0.29, 0.717) is 0 Å². The number of hydrogen-bond donors (Lipinski definition) is 0. The van der Waals surface area contributed by atoms with Gasteiger partial charge in [0.15, 0.2) is 0 Å². The van der Waals surface area contributed by atoms with Crippen LogP contribution in [-0.2, 0) is 0 Å². The van der Waals surface area contributed by atoms with Crippen LogP contribution in [0.3, 0.4) is 0 Å². The van der Waals surface area contributed by atoms with Crippen LogP contribution in [0.5, 0.6) is 0 Å². The van der Waals surface area contributed by atoms with Gasteiger partial charge in [0.1, 0.15) is 11.3 Å². The molecule has 8 aromatic rings. The summed E-state index contributed by atoms with van der Waals surface area (Å²) >= 11 is 0. The summed E-state index contributed by atoms with van der Waals surface area (Å²) in [5.41, 5.74) is 11.2. The molecular formula is C52H39NO. The molecule has 1 aromatic heterocycles. The third kappa shape index (κ3) is 6.74. The Balaban J connectivity index is 1.23. The van der Waals surface area contributed by atoms with Crippen molar-refractivity contribution in [1.82, 2.24) is 0 Å². The zero-order valence-electron chi connectivity index (χ0n) is 29.9. The van der Waals surface area contributed by atoms with E-state index in [2.05, 4.69) is 223 Å². The zero-order valence-corrected chi connectivity index (χ0v) is 29.9. The van der Waals surface area contributed by atoms with E-state index in [-0.39, 0.29) is 5.92 Å². The second-order valence-corrected chi connectivity index (χ2v) is 13.7. The summed E-state index contributed by atoms with van der Waals surface area (Å²) < 4.78 is 6.85. The largest absolute Gasteiger partial charge is 0.460 e. The topological polar surface area (TPSA) is 16.4 Å². The Labute approximate surface area is 317 Å². The first-order chi connectivity index (χ1) is 26.8. The summed E-state index contributed by atoms with van der Waals surface area (Å²) in [4.78, 5) is 2.41. The summed E-state index contributed by atoms with van der Waals surface area (Å²) in [7, 11) is 0. The van der Waals surface area contributed by atoms with E-state index in [1.54, 1.807) is 0 Å². The second kappa shape index (κ2) is 15.0. The van der Waals surface area contributed by atoms with Gasteiger partial charge in [-0.15, -0.1) is 0 Å². The third-order valence-corrected chi connectivity index (χ3v) is 10.2. The Kier molecular flexibility index (Phi) is 9.15. The molecule has 1 aliphatic carbocycles. The molecule has 0 amide bonds. The first-order valence-corrected chi connectivity index (χ1v) is 18.6. The molecule has 2 nitrogen and oxygen atoms in total. The average molecular weight is 694 g/mol. The molecule has 0 saturated carbocycles. The molecule has 9 rings (SSSR count). The van der Waals surface area contributed by atoms with Gasteiger partial charge in [0.25, 0.3) is 0 Å². The van der Waals surface area contributed by atoms with Crippen LogP contribution in [0.4, 0.5) is 11.4 Å². The molecule has 0 aliphatic heterocycles. The Morgan fingerprint density at radius 3 is 2.02 bits per heavy atom. The minimum absolute atomic E-state index is 0.0238. The molecule has 0 spiro atoms. The van der Waals surface area contributed by atoms with Crippen molar-refractivity contribution in [2.45, 2.75) is 12.3 Å². The lowest BCUT2D eigenvalue weighted by Crippen LogP contribution is -2.19. The summed E-state index contributed by atoms with van der Waals surface area (Å²) in [6, 6.07) is 62.3. The van der Waals surface area contributed by atoms with Gasteiger partial charge < -0.3 is 9.32 Å². The molecular weight excluding hydrogens is 655 g/mol. The molecule has 1 aliphatic rings. The fourth-order valence-electron chi connectivity index (χ4n) is 7.59. The van der Waals surface area contributed by atoms with Crippen LogP contribution in [0.15, 0.2) is 210 Å². The quantitative estimate of drug-likeness (QED) is 0.140. The van der Waals surface area contributed by atoms with Crippen molar-refractivity contribution in [3.8, 4) is 11.1 Å². The van der Waals surface area contributed by atoms with Crippen LogP contribution in [0, 0.1) is 0 Å². The maximum atomic E-state index is 6.85. The summed E-state index contributed by atoms with van der Waals surface area (Å²) in [5, 5.41) is 3.56. The standard InChI is InChI=1S/C52H39NO/c1-4-17-38(18-5-1)21-14-27-44(34-33-39-19-6-2-7-20-39)53(45-28-15-26-41(35-45)40-22-8-3-9-23-40)50-32-13-12-29-46(50)47-30-16-31-48-49-36-42-24-10-11-25-43(42)37-51(49)54-52(47)48/h1-29,31-37,47H,30H2/b21-14+,34-33+,44-27+. The average Bonchev–Trinajstić information content (AvgIpc) is 3.61. The molecule has 0 fully saturated rings. The Morgan fingerprint density at radius 2 is 1.24 bits per heavy atom. The van der Waals surface area contributed by atoms with Crippen LogP contribution < -0.4 is 4.90 Å². The fourth-order valence-corrected chi connectivity index (χ4v) is 7.59. The van der Waals surface area contributed by atoms with Gasteiger partial charge in [0.2, 0.25) is 0 Å². The van der Waals surface area contributed by atoms with Crippen LogP contribution in [-0.4, -0.2) is 0 Å². The highest BCUT2D eigenvalue weighted by molar-refractivity contribution is 6.00. The fraction of sp³-hybridized carbons (Fsp3) is 0.0385. The van der Waals surface area contributed by atoms with Crippen molar-refractivity contribution in [1.29, 1.82) is 0 Å². The number of para-hydroxylation sites is 1. The van der Waals surface area contributed by atoms with Gasteiger partial charge in [-0.1, -0.05) is 176 Å². The molecule has 0 saturated heterocycles. The number of rotatable bonds is 9. The van der Waals surface area contributed by atoms with E-state index < -0.39 is 0 Å². The van der Waals surface area contributed by atoms with Crippen LogP contribution >= 0.6 is 0 Å². The number of benzene rings is 7. The summed E-state index contributed by atoms with van der Waals surface area (Å²) in [5.74, 6) is 1.04. The molecule has 1 unspecified atom stereocenters. The number of anilines is 2. The van der Waals surface area contributed by atoms with E-state index >= 15 is 0 Å². The van der Waals surface area contributed by atoms with Crippen LogP contribution in [0.25, 0.3) is 51.1 Å². The van der Waals surface area contributed by atoms with Gasteiger partial charge in [-0.25, -0.2) is 0 Å². The van der Waals surface area contributed by atoms with Crippen molar-refractivity contribution in [3.05, 3.63) is 234 Å². The van der Waals surface area contributed by atoms with Crippen LogP contribution in [0.2, 0.25) is 0 Å². The van der Waals surface area contributed by atoms with Gasteiger partial charge in [-0.2, -0.15) is 0 Å². The summed E-state index contributed by atoms with van der Waals surface area (Å²) in [6.07, 6.45) is 16.4. The van der Waals surface area contributed by atoms with E-state index in [9.17, 15) is 0 Å². The van der Waals surface area contributed by atoms with E-state index in [0.717, 1.165) is 56.9 Å². The minimum Gasteiger partial charge on any atom is -0.460 e. The molecule has 7 aromatic carbocycles. The predicted molar refractivity (Wildman–Crippen MR) is 229 cm³/mol. The lowest BCUT2D eigenvalue weighted by atomic mass is 9.85. The lowest BCUT2D eigenvalue weighted by Gasteiger charge is -2.31. The van der Waals surface area contributed by atoms with E-state index in [4.69, 9.17) is 4.42 Å². The van der Waals surface area contributed by atoms with Gasteiger partial charge in [-0.05, 0) is 87.5 Å². The first kappa shape index (κ1) is 33.0. The molecule has 0 radical (unpaired) electrons. The number of fused-ring (bicyclic) bond motifs is 4. The maximum Gasteiger partial charge on any atom is 0.135 e. The van der Waals surface area contributed by atoms with Crippen LogP contribution in [0.1, 0.15) is 40.4 Å². The second-order valence-electron chi connectivity index (χ2n) is 13.7. The molecule has 0 bridgehead atoms. The highest BCUT2D eigenvalue weighted by Crippen LogP contribution is 2.46. The van der Waals surface area contributed by atoms with Crippen molar-refractivity contribution < 1.29 is 4.42 Å². The number of furan rings is 1. The minimum atomic E-state index is 0.0238. The zero-order chi connectivity index (χ0) is 36.1. The van der Waals surface area contributed by atoms with E-state index in [1.165, 1.54) is 27.5 Å². The molecule has 2 heteroatoms.